The molecule has 124 valence electrons. The van der Waals surface area contributed by atoms with Crippen LogP contribution in [0, 0.1) is 10.1 Å². The van der Waals surface area contributed by atoms with Crippen molar-refractivity contribution in [2.24, 2.45) is 0 Å². The van der Waals surface area contributed by atoms with Gasteiger partial charge in [0.05, 0.1) is 4.92 Å². The van der Waals surface area contributed by atoms with Crippen molar-refractivity contribution in [2.45, 2.75) is 10.8 Å². The fourth-order valence-electron chi connectivity index (χ4n) is 1.76. The van der Waals surface area contributed by atoms with E-state index in [1.54, 1.807) is 18.2 Å². The first-order chi connectivity index (χ1) is 10.7. The molecule has 0 amide bonds. The van der Waals surface area contributed by atoms with Crippen LogP contribution in [-0.4, -0.2) is 31.7 Å². The Hall–Kier alpha value is -1.49. The van der Waals surface area contributed by atoms with Gasteiger partial charge in [-0.1, -0.05) is 15.9 Å². The minimum absolute atomic E-state index is 0.0444. The van der Waals surface area contributed by atoms with Crippen LogP contribution in [0.25, 0.3) is 0 Å². The van der Waals surface area contributed by atoms with Crippen LogP contribution in [0.15, 0.2) is 39.0 Å². The van der Waals surface area contributed by atoms with Crippen molar-refractivity contribution in [3.05, 3.63) is 49.8 Å². The molecule has 0 bridgehead atoms. The van der Waals surface area contributed by atoms with Crippen molar-refractivity contribution in [3.63, 3.8) is 0 Å². The van der Waals surface area contributed by atoms with Crippen LogP contribution < -0.4 is 5.32 Å². The molecule has 1 aromatic carbocycles. The molecule has 0 atom stereocenters. The molecule has 0 radical (unpaired) electrons. The second kappa shape index (κ2) is 6.95. The third-order valence-corrected chi connectivity index (χ3v) is 6.84. The van der Waals surface area contributed by atoms with Gasteiger partial charge < -0.3 is 5.32 Å². The lowest BCUT2D eigenvalue weighted by atomic mass is 10.2. The van der Waals surface area contributed by atoms with Crippen LogP contribution in [0.5, 0.6) is 0 Å². The number of nitrogens with zero attached hydrogens (tertiary/aromatic N) is 2. The normalized spacial score (nSPS) is 11.7. The summed E-state index contributed by atoms with van der Waals surface area (Å²) < 4.78 is 26.0. The maximum atomic E-state index is 12.0. The van der Waals surface area contributed by atoms with Crippen molar-refractivity contribution >= 4 is 48.7 Å². The lowest BCUT2D eigenvalue weighted by Crippen LogP contribution is -2.21. The largest absolute Gasteiger partial charge is 0.375 e. The van der Waals surface area contributed by atoms with E-state index < -0.39 is 14.9 Å². The summed E-state index contributed by atoms with van der Waals surface area (Å²) in [4.78, 5) is 11.4. The van der Waals surface area contributed by atoms with Gasteiger partial charge in [0.1, 0.15) is 9.90 Å². The molecule has 10 heteroatoms. The molecule has 7 nitrogen and oxygen atoms in total. The Morgan fingerprint density at radius 1 is 1.30 bits per heavy atom. The fraction of sp³-hybridized carbons (Fsp3) is 0.231. The smallest absolute Gasteiger partial charge is 0.293 e. The number of sulfonamides is 1. The van der Waals surface area contributed by atoms with E-state index in [1.165, 1.54) is 26.2 Å². The van der Waals surface area contributed by atoms with E-state index in [1.807, 2.05) is 0 Å². The van der Waals surface area contributed by atoms with Crippen LogP contribution in [-0.2, 0) is 16.6 Å². The summed E-state index contributed by atoms with van der Waals surface area (Å²) in [6.45, 7) is 0.302. The number of hydrogen-bond acceptors (Lipinski definition) is 6. The highest BCUT2D eigenvalue weighted by atomic mass is 79.9. The Morgan fingerprint density at radius 2 is 2.00 bits per heavy atom. The molecule has 0 unspecified atom stereocenters. The van der Waals surface area contributed by atoms with Gasteiger partial charge in [-0.25, -0.2) is 12.7 Å². The molecule has 2 aromatic rings. The van der Waals surface area contributed by atoms with Crippen LogP contribution in [0.3, 0.4) is 0 Å². The van der Waals surface area contributed by atoms with E-state index in [9.17, 15) is 18.5 Å². The molecule has 1 aromatic heterocycles. The first-order valence-corrected chi connectivity index (χ1v) is 9.46. The molecule has 0 aliphatic rings. The van der Waals surface area contributed by atoms with Gasteiger partial charge in [-0.15, -0.1) is 11.3 Å². The third-order valence-electron chi connectivity index (χ3n) is 2.98. The molecule has 0 saturated carbocycles. The van der Waals surface area contributed by atoms with Crippen molar-refractivity contribution in [3.8, 4) is 0 Å². The number of halogens is 1. The summed E-state index contributed by atoms with van der Waals surface area (Å²) >= 11 is 4.33. The molecule has 1 N–H and O–H groups in total. The number of rotatable bonds is 6. The Kier molecular flexibility index (Phi) is 5.40. The Bertz CT molecular complexity index is 833. The van der Waals surface area contributed by atoms with Crippen LogP contribution in [0.1, 0.15) is 4.88 Å². The summed E-state index contributed by atoms with van der Waals surface area (Å²) in [5, 5.41) is 14.0. The fourth-order valence-corrected chi connectivity index (χ4v) is 4.57. The highest BCUT2D eigenvalue weighted by molar-refractivity contribution is 9.10. The number of benzene rings is 1. The third kappa shape index (κ3) is 4.08. The zero-order valence-electron chi connectivity index (χ0n) is 12.3. The zero-order chi connectivity index (χ0) is 17.2. The maximum Gasteiger partial charge on any atom is 0.293 e. The molecule has 23 heavy (non-hydrogen) atoms. The average molecular weight is 420 g/mol. The van der Waals surface area contributed by atoms with Crippen LogP contribution in [0.4, 0.5) is 11.4 Å². The Balaban J connectivity index is 2.17. The van der Waals surface area contributed by atoms with Gasteiger partial charge >= 0.3 is 0 Å². The first kappa shape index (κ1) is 17.9. The van der Waals surface area contributed by atoms with E-state index in [0.717, 1.165) is 20.5 Å². The van der Waals surface area contributed by atoms with E-state index in [2.05, 4.69) is 21.2 Å². The van der Waals surface area contributed by atoms with Gasteiger partial charge in [-0.2, -0.15) is 0 Å². The molecular weight excluding hydrogens is 406 g/mol. The highest BCUT2D eigenvalue weighted by Crippen LogP contribution is 2.29. The second-order valence-corrected chi connectivity index (χ2v) is 9.24. The molecule has 0 aliphatic carbocycles. The van der Waals surface area contributed by atoms with Crippen LogP contribution in [0.2, 0.25) is 0 Å². The van der Waals surface area contributed by atoms with Gasteiger partial charge in [0, 0.05) is 36.1 Å². The maximum absolute atomic E-state index is 12.0. The Morgan fingerprint density at radius 3 is 2.61 bits per heavy atom. The summed E-state index contributed by atoms with van der Waals surface area (Å²) in [6.07, 6.45) is 0. The van der Waals surface area contributed by atoms with Crippen molar-refractivity contribution < 1.29 is 13.3 Å². The van der Waals surface area contributed by atoms with Gasteiger partial charge in [-0.3, -0.25) is 10.1 Å². The van der Waals surface area contributed by atoms with Gasteiger partial charge in [0.2, 0.25) is 0 Å². The number of nitrogens with one attached hydrogen (secondary N) is 1. The standard InChI is InChI=1S/C13H14BrN3O4S2/c1-16(2)23(20,21)13-6-4-10(22-13)8-15-11-5-3-9(14)7-12(11)17(18)19/h3-7,15H,8H2,1-2H3. The predicted octanol–water partition coefficient (Wildman–Crippen LogP) is 3.28. The topological polar surface area (TPSA) is 92.6 Å². The average Bonchev–Trinajstić information content (AvgIpc) is 2.95. The first-order valence-electron chi connectivity index (χ1n) is 6.41. The minimum atomic E-state index is -3.46. The quantitative estimate of drug-likeness (QED) is 0.572. The number of nitro benzene ring substituents is 1. The van der Waals surface area contributed by atoms with Crippen LogP contribution >= 0.6 is 27.3 Å². The number of nitro groups is 1. The van der Waals surface area contributed by atoms with Crippen molar-refractivity contribution in [2.75, 3.05) is 19.4 Å². The SMILES string of the molecule is CN(C)S(=O)(=O)c1ccc(CNc2ccc(Br)cc2[N+](=O)[O-])s1. The Labute approximate surface area is 146 Å². The minimum Gasteiger partial charge on any atom is -0.375 e. The molecule has 1 heterocycles. The molecule has 0 fully saturated rings. The predicted molar refractivity (Wildman–Crippen MR) is 93.3 cm³/mol. The molecule has 0 saturated heterocycles. The molecule has 0 spiro atoms. The lowest BCUT2D eigenvalue weighted by Gasteiger charge is -2.08. The molecule has 0 aliphatic heterocycles. The monoisotopic (exact) mass is 419 g/mol. The second-order valence-electron chi connectivity index (χ2n) is 4.78. The summed E-state index contributed by atoms with van der Waals surface area (Å²) in [6, 6.07) is 7.95. The van der Waals surface area contributed by atoms with Gasteiger partial charge in [0.15, 0.2) is 0 Å². The van der Waals surface area contributed by atoms with Crippen molar-refractivity contribution in [1.82, 2.24) is 4.31 Å². The van der Waals surface area contributed by atoms with Gasteiger partial charge in [0.25, 0.3) is 15.7 Å². The van der Waals surface area contributed by atoms with E-state index in [4.69, 9.17) is 0 Å². The van der Waals surface area contributed by atoms with Gasteiger partial charge in [-0.05, 0) is 24.3 Å². The summed E-state index contributed by atoms with van der Waals surface area (Å²) in [5.41, 5.74) is 0.334. The summed E-state index contributed by atoms with van der Waals surface area (Å²) in [5.74, 6) is 0. The van der Waals surface area contributed by atoms with E-state index in [0.29, 0.717) is 16.7 Å². The number of anilines is 1. The van der Waals surface area contributed by atoms with Crippen molar-refractivity contribution in [1.29, 1.82) is 0 Å². The lowest BCUT2D eigenvalue weighted by molar-refractivity contribution is -0.384. The highest BCUT2D eigenvalue weighted by Gasteiger charge is 2.20. The van der Waals surface area contributed by atoms with E-state index >= 15 is 0 Å². The number of hydrogen-bond donors (Lipinski definition) is 1. The van der Waals surface area contributed by atoms with E-state index in [-0.39, 0.29) is 9.90 Å². The molecule has 2 rings (SSSR count). The molecular formula is C13H14BrN3O4S2. The number of thiophene rings is 1. The summed E-state index contributed by atoms with van der Waals surface area (Å²) in [7, 11) is -0.516. The zero-order valence-corrected chi connectivity index (χ0v) is 15.5.